The summed E-state index contributed by atoms with van der Waals surface area (Å²) in [5.41, 5.74) is 6.33. The van der Waals surface area contributed by atoms with Gasteiger partial charge in [-0.1, -0.05) is 12.8 Å². The molecule has 1 fully saturated rings. The average molecular weight is 246 g/mol. The predicted molar refractivity (Wildman–Crippen MR) is 70.1 cm³/mol. The number of nitrogens with zero attached hydrogens (tertiary/aromatic N) is 3. The van der Waals surface area contributed by atoms with Gasteiger partial charge in [-0.2, -0.15) is 5.26 Å². The van der Waals surface area contributed by atoms with Crippen LogP contribution in [0.3, 0.4) is 0 Å². The average Bonchev–Trinajstić information content (AvgIpc) is 2.90. The van der Waals surface area contributed by atoms with Crippen molar-refractivity contribution in [2.24, 2.45) is 0 Å². The summed E-state index contributed by atoms with van der Waals surface area (Å²) in [7, 11) is 0. The number of hydrogen-bond acceptors (Lipinski definition) is 5. The molecule has 1 saturated carbocycles. The van der Waals surface area contributed by atoms with Gasteiger partial charge in [-0.25, -0.2) is 4.98 Å². The lowest BCUT2D eigenvalue weighted by atomic mass is 10.2. The third kappa shape index (κ3) is 2.54. The summed E-state index contributed by atoms with van der Waals surface area (Å²) >= 11 is 0. The Bertz CT molecular complexity index is 449. The number of aliphatic hydroxyl groups is 1. The monoisotopic (exact) mass is 246 g/mol. The summed E-state index contributed by atoms with van der Waals surface area (Å²) in [6.45, 7) is 0.636. The molecule has 0 radical (unpaired) electrons. The predicted octanol–water partition coefficient (Wildman–Crippen LogP) is 1.28. The number of aliphatic hydroxyl groups excluding tert-OH is 1. The van der Waals surface area contributed by atoms with Crippen molar-refractivity contribution in [2.45, 2.75) is 31.7 Å². The van der Waals surface area contributed by atoms with E-state index in [1.54, 1.807) is 6.07 Å². The Morgan fingerprint density at radius 3 is 2.78 bits per heavy atom. The molecular formula is C13H18N4O. The molecule has 1 aliphatic rings. The molecule has 0 spiro atoms. The molecule has 0 atom stereocenters. The second kappa shape index (κ2) is 5.69. The third-order valence-electron chi connectivity index (χ3n) is 3.42. The van der Waals surface area contributed by atoms with E-state index >= 15 is 0 Å². The van der Waals surface area contributed by atoms with Crippen LogP contribution in [0.4, 0.5) is 11.5 Å². The zero-order chi connectivity index (χ0) is 13.0. The van der Waals surface area contributed by atoms with Gasteiger partial charge in [-0.15, -0.1) is 0 Å². The van der Waals surface area contributed by atoms with Crippen molar-refractivity contribution in [3.63, 3.8) is 0 Å². The Morgan fingerprint density at radius 2 is 2.17 bits per heavy atom. The Balaban J connectivity index is 2.27. The Kier molecular flexibility index (Phi) is 4.00. The van der Waals surface area contributed by atoms with E-state index in [1.165, 1.54) is 12.8 Å². The van der Waals surface area contributed by atoms with Gasteiger partial charge in [0.1, 0.15) is 11.9 Å². The molecule has 1 aliphatic carbocycles. The highest BCUT2D eigenvalue weighted by Gasteiger charge is 2.23. The molecule has 0 bridgehead atoms. The molecule has 18 heavy (non-hydrogen) atoms. The molecule has 1 aromatic heterocycles. The topological polar surface area (TPSA) is 86.2 Å². The van der Waals surface area contributed by atoms with Crippen LogP contribution < -0.4 is 10.6 Å². The Hall–Kier alpha value is -1.80. The van der Waals surface area contributed by atoms with E-state index in [1.807, 2.05) is 12.1 Å². The van der Waals surface area contributed by atoms with Crippen molar-refractivity contribution >= 4 is 11.5 Å². The van der Waals surface area contributed by atoms with Crippen LogP contribution in [0.1, 0.15) is 31.4 Å². The van der Waals surface area contributed by atoms with Crippen LogP contribution in [0.2, 0.25) is 0 Å². The molecule has 0 unspecified atom stereocenters. The minimum absolute atomic E-state index is 0.0877. The van der Waals surface area contributed by atoms with E-state index < -0.39 is 0 Å². The lowest BCUT2D eigenvalue weighted by Crippen LogP contribution is -2.36. The molecule has 1 heterocycles. The number of nitriles is 1. The van der Waals surface area contributed by atoms with Crippen molar-refractivity contribution in [1.29, 1.82) is 5.26 Å². The maximum Gasteiger partial charge on any atom is 0.165 e. The van der Waals surface area contributed by atoms with E-state index in [9.17, 15) is 5.11 Å². The van der Waals surface area contributed by atoms with E-state index in [4.69, 9.17) is 11.0 Å². The fourth-order valence-corrected chi connectivity index (χ4v) is 2.52. The van der Waals surface area contributed by atoms with Crippen LogP contribution in [0, 0.1) is 11.3 Å². The summed E-state index contributed by atoms with van der Waals surface area (Å²) in [4.78, 5) is 6.37. The number of pyridine rings is 1. The van der Waals surface area contributed by atoms with Gasteiger partial charge in [0.2, 0.25) is 0 Å². The van der Waals surface area contributed by atoms with Gasteiger partial charge in [0.15, 0.2) is 5.69 Å². The van der Waals surface area contributed by atoms with Crippen molar-refractivity contribution in [1.82, 2.24) is 4.98 Å². The number of aromatic nitrogens is 1. The number of rotatable bonds is 4. The zero-order valence-corrected chi connectivity index (χ0v) is 10.3. The van der Waals surface area contributed by atoms with E-state index in [-0.39, 0.29) is 12.3 Å². The molecule has 0 saturated heterocycles. The smallest absolute Gasteiger partial charge is 0.165 e. The number of nitrogens with two attached hydrogens (primary N) is 1. The normalized spacial score (nSPS) is 15.6. The maximum absolute atomic E-state index is 9.18. The molecule has 0 aromatic carbocycles. The highest BCUT2D eigenvalue weighted by Crippen LogP contribution is 2.27. The number of nitrogen functional groups attached to an aromatic ring is 1. The summed E-state index contributed by atoms with van der Waals surface area (Å²) in [5, 5.41) is 18.1. The fraction of sp³-hybridized carbons (Fsp3) is 0.538. The third-order valence-corrected chi connectivity index (χ3v) is 3.42. The zero-order valence-electron chi connectivity index (χ0n) is 10.3. The van der Waals surface area contributed by atoms with Gasteiger partial charge in [0.25, 0.3) is 0 Å². The first-order valence-corrected chi connectivity index (χ1v) is 6.30. The maximum atomic E-state index is 9.18. The van der Waals surface area contributed by atoms with E-state index in [0.29, 0.717) is 18.3 Å². The molecule has 3 N–H and O–H groups in total. The van der Waals surface area contributed by atoms with Gasteiger partial charge in [-0.05, 0) is 25.0 Å². The highest BCUT2D eigenvalue weighted by molar-refractivity contribution is 5.55. The van der Waals surface area contributed by atoms with E-state index in [2.05, 4.69) is 9.88 Å². The largest absolute Gasteiger partial charge is 0.396 e. The number of hydrogen-bond donors (Lipinski definition) is 2. The number of anilines is 2. The minimum atomic E-state index is 0.0877. The van der Waals surface area contributed by atoms with Gasteiger partial charge < -0.3 is 15.7 Å². The van der Waals surface area contributed by atoms with Gasteiger partial charge in [0, 0.05) is 12.6 Å². The molecule has 2 rings (SSSR count). The summed E-state index contributed by atoms with van der Waals surface area (Å²) in [5.74, 6) is 0.738. The van der Waals surface area contributed by atoms with Crippen LogP contribution in [0.25, 0.3) is 0 Å². The highest BCUT2D eigenvalue weighted by atomic mass is 16.3. The second-order valence-corrected chi connectivity index (χ2v) is 4.57. The van der Waals surface area contributed by atoms with Crippen LogP contribution in [0.5, 0.6) is 0 Å². The first-order valence-electron chi connectivity index (χ1n) is 6.30. The van der Waals surface area contributed by atoms with Crippen molar-refractivity contribution in [3.05, 3.63) is 17.8 Å². The Morgan fingerprint density at radius 1 is 1.44 bits per heavy atom. The molecule has 5 nitrogen and oxygen atoms in total. The first kappa shape index (κ1) is 12.7. The van der Waals surface area contributed by atoms with Gasteiger partial charge in [-0.3, -0.25) is 0 Å². The minimum Gasteiger partial charge on any atom is -0.396 e. The fourth-order valence-electron chi connectivity index (χ4n) is 2.52. The molecule has 5 heteroatoms. The Labute approximate surface area is 107 Å². The lowest BCUT2D eigenvalue weighted by molar-refractivity contribution is 0.297. The quantitative estimate of drug-likeness (QED) is 0.835. The van der Waals surface area contributed by atoms with Crippen LogP contribution in [-0.4, -0.2) is 29.3 Å². The molecule has 0 amide bonds. The van der Waals surface area contributed by atoms with Crippen molar-refractivity contribution < 1.29 is 5.11 Å². The second-order valence-electron chi connectivity index (χ2n) is 4.57. The lowest BCUT2D eigenvalue weighted by Gasteiger charge is -2.29. The molecular weight excluding hydrogens is 228 g/mol. The standard InChI is InChI=1S/C13H18N4O/c14-9-12-11(15)5-6-13(16-12)17(7-8-18)10-3-1-2-4-10/h5-6,10,18H,1-4,7-8,15H2. The van der Waals surface area contributed by atoms with Crippen LogP contribution >= 0.6 is 0 Å². The molecule has 96 valence electrons. The SMILES string of the molecule is N#Cc1nc(N(CCO)C2CCCC2)ccc1N. The molecule has 1 aromatic rings. The first-order chi connectivity index (χ1) is 8.76. The molecule has 0 aliphatic heterocycles. The van der Waals surface area contributed by atoms with Crippen LogP contribution in [0.15, 0.2) is 12.1 Å². The summed E-state index contributed by atoms with van der Waals surface area (Å²) in [6.07, 6.45) is 4.67. The summed E-state index contributed by atoms with van der Waals surface area (Å²) < 4.78 is 0. The van der Waals surface area contributed by atoms with Crippen molar-refractivity contribution in [2.75, 3.05) is 23.8 Å². The van der Waals surface area contributed by atoms with Crippen LogP contribution in [-0.2, 0) is 0 Å². The van der Waals surface area contributed by atoms with Gasteiger partial charge in [0.05, 0.1) is 12.3 Å². The van der Waals surface area contributed by atoms with Crippen molar-refractivity contribution in [3.8, 4) is 6.07 Å². The summed E-state index contributed by atoms with van der Waals surface area (Å²) in [6, 6.07) is 5.95. The van der Waals surface area contributed by atoms with Gasteiger partial charge >= 0.3 is 0 Å². The van der Waals surface area contributed by atoms with E-state index in [0.717, 1.165) is 18.7 Å².